The van der Waals surface area contributed by atoms with Gasteiger partial charge < -0.3 is 0 Å². The predicted octanol–water partition coefficient (Wildman–Crippen LogP) is 0.431. The minimum absolute atomic E-state index is 0.0820. The molecule has 2 N–H and O–H groups in total. The molecule has 21 heavy (non-hydrogen) atoms. The third kappa shape index (κ3) is 2.78. The molecule has 0 bridgehead atoms. The number of aryl methyl sites for hydroxylation is 1. The molecule has 0 saturated carbocycles. The summed E-state index contributed by atoms with van der Waals surface area (Å²) in [6.45, 7) is 2.61. The number of aromatic nitrogens is 4. The largest absolute Gasteiger partial charge is 0.340 e. The number of aromatic amines is 2. The number of hydrogen-bond acceptors (Lipinski definition) is 6. The molecule has 0 atom stereocenters. The summed E-state index contributed by atoms with van der Waals surface area (Å²) in [6, 6.07) is 0. The highest BCUT2D eigenvalue weighted by atomic mass is 32.2. The Morgan fingerprint density at radius 3 is 2.62 bits per heavy atom. The Morgan fingerprint density at radius 2 is 2.10 bits per heavy atom. The smallest absolute Gasteiger partial charge is 0.293 e. The van der Waals surface area contributed by atoms with Crippen molar-refractivity contribution < 1.29 is 8.42 Å². The van der Waals surface area contributed by atoms with Gasteiger partial charge in [0.15, 0.2) is 4.21 Å². The van der Waals surface area contributed by atoms with Gasteiger partial charge in [-0.05, 0) is 19.8 Å². The Kier molecular flexibility index (Phi) is 3.68. The minimum atomic E-state index is -3.45. The monoisotopic (exact) mass is 329 g/mol. The van der Waals surface area contributed by atoms with Gasteiger partial charge in [0.25, 0.3) is 10.0 Å². The maximum atomic E-state index is 12.5. The van der Waals surface area contributed by atoms with Crippen molar-refractivity contribution in [2.75, 3.05) is 13.1 Å². The Labute approximate surface area is 125 Å². The second-order valence-electron chi connectivity index (χ2n) is 4.94. The van der Waals surface area contributed by atoms with Gasteiger partial charge in [-0.25, -0.2) is 23.3 Å². The molecule has 0 unspecified atom stereocenters. The van der Waals surface area contributed by atoms with Gasteiger partial charge in [0.05, 0.1) is 11.2 Å². The standard InChI is InChI=1S/C11H15N5O3S2/c1-7-12-6-9(20-7)21(18,19)16-4-2-8(3-5-16)10-13-11(17)15-14-10/h6,8H,2-5H2,1H3,(H2,13,14,15,17). The zero-order valence-corrected chi connectivity index (χ0v) is 13.0. The summed E-state index contributed by atoms with van der Waals surface area (Å²) in [4.78, 5) is 17.7. The Hall–Kier alpha value is -1.52. The first-order chi connectivity index (χ1) is 9.96. The SMILES string of the molecule is Cc1ncc(S(=O)(=O)N2CCC(c3n[nH]c(=O)[nH]3)CC2)s1. The Morgan fingerprint density at radius 1 is 1.38 bits per heavy atom. The summed E-state index contributed by atoms with van der Waals surface area (Å²) in [5.74, 6) is 0.685. The lowest BCUT2D eigenvalue weighted by molar-refractivity contribution is 0.314. The van der Waals surface area contributed by atoms with E-state index in [1.165, 1.54) is 21.8 Å². The molecule has 10 heteroatoms. The van der Waals surface area contributed by atoms with Crippen molar-refractivity contribution in [3.05, 3.63) is 27.5 Å². The fraction of sp³-hybridized carbons (Fsp3) is 0.545. The number of nitrogens with zero attached hydrogens (tertiary/aromatic N) is 3. The summed E-state index contributed by atoms with van der Waals surface area (Å²) < 4.78 is 26.7. The normalized spacial score (nSPS) is 18.1. The van der Waals surface area contributed by atoms with E-state index < -0.39 is 10.0 Å². The van der Waals surface area contributed by atoms with E-state index in [0.717, 1.165) is 5.01 Å². The number of rotatable bonds is 3. The van der Waals surface area contributed by atoms with Crippen LogP contribution in [0.2, 0.25) is 0 Å². The third-order valence-corrected chi connectivity index (χ3v) is 6.80. The number of thiazole rings is 1. The molecule has 2 aromatic heterocycles. The molecule has 8 nitrogen and oxygen atoms in total. The molecule has 3 heterocycles. The van der Waals surface area contributed by atoms with E-state index in [-0.39, 0.29) is 15.8 Å². The van der Waals surface area contributed by atoms with Crippen LogP contribution < -0.4 is 5.69 Å². The Bertz CT molecular complexity index is 783. The van der Waals surface area contributed by atoms with Crippen molar-refractivity contribution in [1.29, 1.82) is 0 Å². The molecule has 1 saturated heterocycles. The topological polar surface area (TPSA) is 112 Å². The van der Waals surface area contributed by atoms with Gasteiger partial charge in [-0.1, -0.05) is 0 Å². The van der Waals surface area contributed by atoms with Crippen LogP contribution in [0, 0.1) is 6.92 Å². The van der Waals surface area contributed by atoms with E-state index in [1.54, 1.807) is 6.92 Å². The summed E-state index contributed by atoms with van der Waals surface area (Å²) in [5, 5.41) is 6.99. The average Bonchev–Trinajstić information content (AvgIpc) is 3.08. The second-order valence-corrected chi connectivity index (χ2v) is 8.34. The van der Waals surface area contributed by atoms with Crippen LogP contribution >= 0.6 is 11.3 Å². The molecule has 0 amide bonds. The van der Waals surface area contributed by atoms with Crippen LogP contribution in [-0.2, 0) is 10.0 Å². The third-order valence-electron chi connectivity index (χ3n) is 3.55. The van der Waals surface area contributed by atoms with E-state index in [1.807, 2.05) is 0 Å². The van der Waals surface area contributed by atoms with Gasteiger partial charge in [0.2, 0.25) is 0 Å². The lowest BCUT2D eigenvalue weighted by Gasteiger charge is -2.29. The summed E-state index contributed by atoms with van der Waals surface area (Å²) in [5.41, 5.74) is -0.333. The summed E-state index contributed by atoms with van der Waals surface area (Å²) >= 11 is 1.18. The maximum absolute atomic E-state index is 12.5. The first-order valence-corrected chi connectivity index (χ1v) is 8.79. The number of nitrogens with one attached hydrogen (secondary N) is 2. The van der Waals surface area contributed by atoms with Crippen molar-refractivity contribution in [3.8, 4) is 0 Å². The van der Waals surface area contributed by atoms with Gasteiger partial charge in [-0.3, -0.25) is 4.98 Å². The highest BCUT2D eigenvalue weighted by Crippen LogP contribution is 2.29. The van der Waals surface area contributed by atoms with Crippen LogP contribution in [0.25, 0.3) is 0 Å². The minimum Gasteiger partial charge on any atom is -0.293 e. The van der Waals surface area contributed by atoms with Crippen LogP contribution in [0.4, 0.5) is 0 Å². The molecular formula is C11H15N5O3S2. The highest BCUT2D eigenvalue weighted by Gasteiger charge is 2.32. The molecular weight excluding hydrogens is 314 g/mol. The fourth-order valence-corrected chi connectivity index (χ4v) is 5.17. The first-order valence-electron chi connectivity index (χ1n) is 6.54. The van der Waals surface area contributed by atoms with Crippen molar-refractivity contribution >= 4 is 21.4 Å². The molecule has 0 aromatic carbocycles. The van der Waals surface area contributed by atoms with Gasteiger partial charge in [0, 0.05) is 19.0 Å². The van der Waals surface area contributed by atoms with E-state index in [0.29, 0.717) is 31.8 Å². The van der Waals surface area contributed by atoms with E-state index >= 15 is 0 Å². The molecule has 0 aliphatic carbocycles. The second kappa shape index (κ2) is 5.35. The zero-order chi connectivity index (χ0) is 15.0. The molecule has 0 spiro atoms. The summed E-state index contributed by atoms with van der Waals surface area (Å²) in [6.07, 6.45) is 2.68. The van der Waals surface area contributed by atoms with Crippen LogP contribution in [0.5, 0.6) is 0 Å². The van der Waals surface area contributed by atoms with Crippen LogP contribution in [0.3, 0.4) is 0 Å². The van der Waals surface area contributed by atoms with E-state index in [2.05, 4.69) is 20.2 Å². The lowest BCUT2D eigenvalue weighted by atomic mass is 9.98. The lowest BCUT2D eigenvalue weighted by Crippen LogP contribution is -2.37. The van der Waals surface area contributed by atoms with Gasteiger partial charge in [-0.2, -0.15) is 9.40 Å². The summed E-state index contributed by atoms with van der Waals surface area (Å²) in [7, 11) is -3.45. The average molecular weight is 329 g/mol. The molecule has 1 aliphatic rings. The van der Waals surface area contributed by atoms with Crippen molar-refractivity contribution in [2.45, 2.75) is 29.9 Å². The molecule has 3 rings (SSSR count). The van der Waals surface area contributed by atoms with Crippen molar-refractivity contribution in [1.82, 2.24) is 24.5 Å². The molecule has 0 radical (unpaired) electrons. The maximum Gasteiger partial charge on any atom is 0.340 e. The number of piperidine rings is 1. The van der Waals surface area contributed by atoms with Crippen LogP contribution in [0.1, 0.15) is 29.6 Å². The van der Waals surface area contributed by atoms with Crippen molar-refractivity contribution in [2.24, 2.45) is 0 Å². The molecule has 2 aromatic rings. The van der Waals surface area contributed by atoms with E-state index in [4.69, 9.17) is 0 Å². The van der Waals surface area contributed by atoms with Gasteiger partial charge in [0.1, 0.15) is 5.82 Å². The highest BCUT2D eigenvalue weighted by molar-refractivity contribution is 7.91. The number of H-pyrrole nitrogens is 2. The quantitative estimate of drug-likeness (QED) is 0.848. The molecule has 114 valence electrons. The van der Waals surface area contributed by atoms with Crippen LogP contribution in [0.15, 0.2) is 15.2 Å². The predicted molar refractivity (Wildman–Crippen MR) is 76.8 cm³/mol. The zero-order valence-electron chi connectivity index (χ0n) is 11.4. The van der Waals surface area contributed by atoms with E-state index in [9.17, 15) is 13.2 Å². The number of hydrogen-bond donors (Lipinski definition) is 2. The molecule has 1 aliphatic heterocycles. The molecule has 1 fully saturated rings. The van der Waals surface area contributed by atoms with Gasteiger partial charge in [-0.15, -0.1) is 11.3 Å². The van der Waals surface area contributed by atoms with Crippen molar-refractivity contribution in [3.63, 3.8) is 0 Å². The first kappa shape index (κ1) is 14.4. The van der Waals surface area contributed by atoms with Gasteiger partial charge >= 0.3 is 5.69 Å². The Balaban J connectivity index is 1.72. The van der Waals surface area contributed by atoms with Crippen LogP contribution in [-0.4, -0.2) is 46.0 Å². The fourth-order valence-electron chi connectivity index (χ4n) is 2.43. The number of sulfonamides is 1.